The zero-order valence-electron chi connectivity index (χ0n) is 10.7. The van der Waals surface area contributed by atoms with Crippen molar-refractivity contribution in [2.75, 3.05) is 0 Å². The Kier molecular flexibility index (Phi) is 4.04. The van der Waals surface area contributed by atoms with Crippen LogP contribution < -0.4 is 11.1 Å². The summed E-state index contributed by atoms with van der Waals surface area (Å²) in [6.45, 7) is 6.85. The number of carbonyl (C=O) groups excluding carboxylic acids is 1. The van der Waals surface area contributed by atoms with Gasteiger partial charge in [-0.2, -0.15) is 0 Å². The highest BCUT2D eigenvalue weighted by Gasteiger charge is 2.14. The fraction of sp³-hybridized carbons (Fsp3) is 0.583. The zero-order chi connectivity index (χ0) is 13.2. The Bertz CT molecular complexity index is 540. The second-order valence-corrected chi connectivity index (χ2v) is 4.36. The van der Waals surface area contributed by atoms with E-state index in [1.807, 2.05) is 13.8 Å². The molecule has 0 fully saturated rings. The van der Waals surface area contributed by atoms with Crippen LogP contribution in [-0.2, 0) is 11.3 Å². The fourth-order valence-electron chi connectivity index (χ4n) is 1.44. The fourth-order valence-corrected chi connectivity index (χ4v) is 1.44. The topological polar surface area (TPSA) is 71.9 Å². The van der Waals surface area contributed by atoms with Gasteiger partial charge in [0.1, 0.15) is 6.54 Å². The summed E-state index contributed by atoms with van der Waals surface area (Å²) in [6.07, 6.45) is 0.725. The predicted octanol–water partition coefficient (Wildman–Crippen LogP) is 0.769. The summed E-state index contributed by atoms with van der Waals surface area (Å²) >= 11 is 0. The van der Waals surface area contributed by atoms with E-state index >= 15 is 0 Å². The van der Waals surface area contributed by atoms with Crippen LogP contribution in [0.25, 0.3) is 0 Å². The monoisotopic (exact) mass is 238 g/mol. The molecule has 5 heteroatoms. The van der Waals surface area contributed by atoms with Crippen LogP contribution in [0.3, 0.4) is 0 Å². The van der Waals surface area contributed by atoms with Crippen molar-refractivity contribution in [1.82, 2.24) is 9.78 Å². The van der Waals surface area contributed by atoms with Crippen molar-refractivity contribution in [3.8, 4) is 0 Å². The third-order valence-corrected chi connectivity index (χ3v) is 3.18. The molecule has 94 valence electrons. The lowest BCUT2D eigenvalue weighted by Crippen LogP contribution is -2.36. The number of aromatic amines is 1. The van der Waals surface area contributed by atoms with Gasteiger partial charge in [0.2, 0.25) is 0 Å². The first-order valence-corrected chi connectivity index (χ1v) is 5.71. The van der Waals surface area contributed by atoms with Crippen molar-refractivity contribution in [1.29, 1.82) is 0 Å². The minimum atomic E-state index is -0.320. The summed E-state index contributed by atoms with van der Waals surface area (Å²) in [5.41, 5.74) is 0.172. The molecule has 0 spiro atoms. The summed E-state index contributed by atoms with van der Waals surface area (Å²) in [5, 5.41) is 2.42. The summed E-state index contributed by atoms with van der Waals surface area (Å²) in [5.74, 6) is -0.152. The molecule has 1 heterocycles. The average Bonchev–Trinajstić information content (AvgIpc) is 2.32. The average molecular weight is 238 g/mol. The van der Waals surface area contributed by atoms with E-state index in [1.165, 1.54) is 0 Å². The molecule has 0 aliphatic carbocycles. The minimum absolute atomic E-state index is 0.0477. The molecule has 0 aliphatic heterocycles. The van der Waals surface area contributed by atoms with E-state index in [9.17, 15) is 14.4 Å². The lowest BCUT2D eigenvalue weighted by molar-refractivity contribution is -0.123. The molecule has 0 saturated heterocycles. The number of hydrogen-bond acceptors (Lipinski definition) is 3. The maximum Gasteiger partial charge on any atom is 0.268 e. The van der Waals surface area contributed by atoms with Crippen LogP contribution in [0.15, 0.2) is 9.59 Å². The van der Waals surface area contributed by atoms with E-state index in [2.05, 4.69) is 5.10 Å². The molecule has 0 aromatic carbocycles. The van der Waals surface area contributed by atoms with Crippen LogP contribution >= 0.6 is 0 Å². The Balaban J connectivity index is 3.14. The summed E-state index contributed by atoms with van der Waals surface area (Å²) in [7, 11) is 0. The SMILES string of the molecule is CCC(C)C(=O)Cn1[nH]c(=O)c(C)c(C)c1=O. The molecule has 1 unspecified atom stereocenters. The van der Waals surface area contributed by atoms with E-state index in [4.69, 9.17) is 0 Å². The van der Waals surface area contributed by atoms with Crippen LogP contribution in [0.1, 0.15) is 31.4 Å². The van der Waals surface area contributed by atoms with Crippen LogP contribution in [0.5, 0.6) is 0 Å². The summed E-state index contributed by atoms with van der Waals surface area (Å²) < 4.78 is 1.10. The first-order valence-electron chi connectivity index (χ1n) is 5.71. The van der Waals surface area contributed by atoms with Gasteiger partial charge in [0.25, 0.3) is 11.1 Å². The number of nitrogens with zero attached hydrogens (tertiary/aromatic N) is 1. The molecule has 17 heavy (non-hydrogen) atoms. The Hall–Kier alpha value is -1.65. The highest BCUT2D eigenvalue weighted by Crippen LogP contribution is 2.03. The Labute approximate surface area is 99.5 Å². The normalized spacial score (nSPS) is 12.5. The highest BCUT2D eigenvalue weighted by molar-refractivity contribution is 5.80. The molecule has 0 aliphatic rings. The number of ketones is 1. The standard InChI is InChI=1S/C12H18N2O3/c1-5-7(2)10(15)6-14-12(17)9(4)8(3)11(16)13-14/h7H,5-6H2,1-4H3,(H,13,16). The second kappa shape index (κ2) is 5.12. The second-order valence-electron chi connectivity index (χ2n) is 4.36. The van der Waals surface area contributed by atoms with Crippen molar-refractivity contribution in [3.05, 3.63) is 31.8 Å². The Morgan fingerprint density at radius 3 is 2.41 bits per heavy atom. The molecule has 0 amide bonds. The Morgan fingerprint density at radius 2 is 1.88 bits per heavy atom. The van der Waals surface area contributed by atoms with E-state index in [0.29, 0.717) is 11.1 Å². The van der Waals surface area contributed by atoms with E-state index in [0.717, 1.165) is 11.1 Å². The molecule has 1 aromatic rings. The van der Waals surface area contributed by atoms with Crippen LogP contribution in [0, 0.1) is 19.8 Å². The first-order chi connectivity index (χ1) is 7.88. The third kappa shape index (κ3) is 2.72. The predicted molar refractivity (Wildman–Crippen MR) is 65.3 cm³/mol. The lowest BCUT2D eigenvalue weighted by atomic mass is 10.0. The molecule has 1 rings (SSSR count). The Morgan fingerprint density at radius 1 is 1.29 bits per heavy atom. The quantitative estimate of drug-likeness (QED) is 0.842. The van der Waals surface area contributed by atoms with Crippen molar-refractivity contribution < 1.29 is 4.79 Å². The van der Waals surface area contributed by atoms with E-state index in [-0.39, 0.29) is 29.4 Å². The molecule has 1 N–H and O–H groups in total. The molecular formula is C12H18N2O3. The van der Waals surface area contributed by atoms with Gasteiger partial charge in [-0.3, -0.25) is 19.5 Å². The summed E-state index contributed by atoms with van der Waals surface area (Å²) in [6, 6.07) is 0. The number of carbonyl (C=O) groups is 1. The maximum atomic E-state index is 11.8. The highest BCUT2D eigenvalue weighted by atomic mass is 16.2. The molecule has 1 atom stereocenters. The van der Waals surface area contributed by atoms with E-state index < -0.39 is 0 Å². The molecule has 1 aromatic heterocycles. The van der Waals surface area contributed by atoms with Crippen molar-refractivity contribution in [2.45, 2.75) is 40.7 Å². The molecule has 0 bridgehead atoms. The number of aromatic nitrogens is 2. The maximum absolute atomic E-state index is 11.8. The lowest BCUT2D eigenvalue weighted by Gasteiger charge is -2.10. The van der Waals surface area contributed by atoms with Crippen molar-refractivity contribution >= 4 is 5.78 Å². The minimum Gasteiger partial charge on any atom is -0.297 e. The number of rotatable bonds is 4. The summed E-state index contributed by atoms with van der Waals surface area (Å²) in [4.78, 5) is 35.1. The van der Waals surface area contributed by atoms with Gasteiger partial charge in [-0.1, -0.05) is 13.8 Å². The molecule has 5 nitrogen and oxygen atoms in total. The number of H-pyrrole nitrogens is 1. The zero-order valence-corrected chi connectivity index (χ0v) is 10.7. The number of nitrogens with one attached hydrogen (secondary N) is 1. The van der Waals surface area contributed by atoms with E-state index in [1.54, 1.807) is 13.8 Å². The van der Waals surface area contributed by atoms with Crippen LogP contribution in [-0.4, -0.2) is 15.6 Å². The molecule has 0 radical (unpaired) electrons. The van der Waals surface area contributed by atoms with Crippen LogP contribution in [0.4, 0.5) is 0 Å². The largest absolute Gasteiger partial charge is 0.297 e. The van der Waals surface area contributed by atoms with Gasteiger partial charge < -0.3 is 0 Å². The van der Waals surface area contributed by atoms with Gasteiger partial charge in [-0.05, 0) is 20.3 Å². The van der Waals surface area contributed by atoms with Crippen molar-refractivity contribution in [2.24, 2.45) is 5.92 Å². The van der Waals surface area contributed by atoms with Gasteiger partial charge >= 0.3 is 0 Å². The van der Waals surface area contributed by atoms with Gasteiger partial charge in [0, 0.05) is 17.0 Å². The first kappa shape index (κ1) is 13.4. The van der Waals surface area contributed by atoms with Gasteiger partial charge in [-0.25, -0.2) is 4.68 Å². The van der Waals surface area contributed by atoms with Gasteiger partial charge in [0.05, 0.1) is 0 Å². The van der Waals surface area contributed by atoms with Crippen LogP contribution in [0.2, 0.25) is 0 Å². The van der Waals surface area contributed by atoms with Gasteiger partial charge in [-0.15, -0.1) is 0 Å². The van der Waals surface area contributed by atoms with Gasteiger partial charge in [0.15, 0.2) is 5.78 Å². The third-order valence-electron chi connectivity index (χ3n) is 3.18. The van der Waals surface area contributed by atoms with Crippen molar-refractivity contribution in [3.63, 3.8) is 0 Å². The molecular weight excluding hydrogens is 220 g/mol. The number of hydrogen-bond donors (Lipinski definition) is 1. The number of Topliss-reactive ketones (excluding diaryl/α,β-unsaturated/α-hetero) is 1. The molecule has 0 saturated carbocycles. The smallest absolute Gasteiger partial charge is 0.268 e.